The number of carbonyl (C=O) groups is 2. The van der Waals surface area contributed by atoms with Crippen LogP contribution in [0.15, 0.2) is 59.7 Å². The largest absolute Gasteiger partial charge is 0.333 e. The zero-order chi connectivity index (χ0) is 21.2. The Hall–Kier alpha value is -3.06. The highest BCUT2D eigenvalue weighted by molar-refractivity contribution is 7.18. The van der Waals surface area contributed by atoms with Crippen molar-refractivity contribution in [1.29, 1.82) is 0 Å². The van der Waals surface area contributed by atoms with Gasteiger partial charge in [0, 0.05) is 25.8 Å². The van der Waals surface area contributed by atoms with Gasteiger partial charge in [-0.1, -0.05) is 42.5 Å². The number of nitrogens with zero attached hydrogens (tertiary/aromatic N) is 4. The van der Waals surface area contributed by atoms with E-state index in [2.05, 4.69) is 11.2 Å². The summed E-state index contributed by atoms with van der Waals surface area (Å²) in [7, 11) is 0. The summed E-state index contributed by atoms with van der Waals surface area (Å²) in [5.41, 5.74) is 2.96. The number of likely N-dealkylation sites (tertiary alicyclic amines) is 1. The molecule has 158 valence electrons. The molecule has 6 nitrogen and oxygen atoms in total. The summed E-state index contributed by atoms with van der Waals surface area (Å²) in [4.78, 5) is 32.3. The van der Waals surface area contributed by atoms with Crippen LogP contribution in [0.2, 0.25) is 0 Å². The lowest BCUT2D eigenvalue weighted by molar-refractivity contribution is -0.137. The third-order valence-electron chi connectivity index (χ3n) is 5.92. The Morgan fingerprint density at radius 1 is 0.968 bits per heavy atom. The van der Waals surface area contributed by atoms with E-state index in [-0.39, 0.29) is 30.7 Å². The molecule has 31 heavy (non-hydrogen) atoms. The molecule has 0 N–H and O–H groups in total. The van der Waals surface area contributed by atoms with Crippen LogP contribution < -0.4 is 0 Å². The molecule has 2 aliphatic heterocycles. The number of rotatable bonds is 5. The molecule has 2 amide bonds. The second-order valence-electron chi connectivity index (χ2n) is 7.94. The maximum Gasteiger partial charge on any atom is 0.243 e. The first kappa shape index (κ1) is 19.9. The normalized spacial score (nSPS) is 18.6. The number of thiazole rings is 1. The van der Waals surface area contributed by atoms with E-state index in [1.165, 1.54) is 5.01 Å². The highest BCUT2D eigenvalue weighted by atomic mass is 32.1. The van der Waals surface area contributed by atoms with Crippen LogP contribution in [0.25, 0.3) is 10.2 Å². The van der Waals surface area contributed by atoms with Crippen LogP contribution in [-0.2, 0) is 9.59 Å². The number of hydrogen-bond acceptors (Lipinski definition) is 5. The van der Waals surface area contributed by atoms with Crippen LogP contribution in [-0.4, -0.2) is 45.5 Å². The topological polar surface area (TPSA) is 65.9 Å². The van der Waals surface area contributed by atoms with Gasteiger partial charge in [-0.2, -0.15) is 5.10 Å². The monoisotopic (exact) mass is 432 g/mol. The summed E-state index contributed by atoms with van der Waals surface area (Å²) in [6, 6.07) is 18.0. The third-order valence-corrected chi connectivity index (χ3v) is 7.06. The molecule has 2 aliphatic rings. The molecule has 1 fully saturated rings. The minimum atomic E-state index is -0.0879. The van der Waals surface area contributed by atoms with E-state index in [1.807, 2.05) is 53.4 Å². The molecule has 0 bridgehead atoms. The first-order valence-electron chi connectivity index (χ1n) is 10.8. The first-order valence-corrected chi connectivity index (χ1v) is 11.6. The van der Waals surface area contributed by atoms with Gasteiger partial charge in [-0.15, -0.1) is 11.3 Å². The number of hydrazone groups is 1. The zero-order valence-corrected chi connectivity index (χ0v) is 18.1. The van der Waals surface area contributed by atoms with E-state index >= 15 is 0 Å². The van der Waals surface area contributed by atoms with Gasteiger partial charge in [0.1, 0.15) is 5.01 Å². The molecule has 2 aromatic carbocycles. The number of amides is 2. The highest BCUT2D eigenvalue weighted by Gasteiger charge is 2.32. The smallest absolute Gasteiger partial charge is 0.243 e. The predicted molar refractivity (Wildman–Crippen MR) is 122 cm³/mol. The Morgan fingerprint density at radius 3 is 2.58 bits per heavy atom. The van der Waals surface area contributed by atoms with Gasteiger partial charge < -0.3 is 4.90 Å². The van der Waals surface area contributed by atoms with E-state index in [9.17, 15) is 9.59 Å². The van der Waals surface area contributed by atoms with Gasteiger partial charge >= 0.3 is 0 Å². The van der Waals surface area contributed by atoms with Gasteiger partial charge in [-0.3, -0.25) is 9.59 Å². The Kier molecular flexibility index (Phi) is 5.51. The minimum absolute atomic E-state index is 0.0227. The number of benzene rings is 2. The number of para-hydroxylation sites is 1. The van der Waals surface area contributed by atoms with Crippen molar-refractivity contribution in [2.24, 2.45) is 5.10 Å². The Bertz CT molecular complexity index is 1110. The molecule has 0 aliphatic carbocycles. The van der Waals surface area contributed by atoms with Crippen LogP contribution >= 0.6 is 11.3 Å². The highest BCUT2D eigenvalue weighted by Crippen LogP contribution is 2.36. The van der Waals surface area contributed by atoms with Crippen molar-refractivity contribution in [2.75, 3.05) is 13.1 Å². The van der Waals surface area contributed by atoms with Gasteiger partial charge in [-0.05, 0) is 30.5 Å². The quantitative estimate of drug-likeness (QED) is 0.601. The lowest BCUT2D eigenvalue weighted by Gasteiger charge is -2.23. The molecular formula is C24H24N4O2S. The summed E-state index contributed by atoms with van der Waals surface area (Å²) in [5, 5.41) is 7.00. The van der Waals surface area contributed by atoms with E-state index < -0.39 is 0 Å². The van der Waals surface area contributed by atoms with Crippen molar-refractivity contribution in [1.82, 2.24) is 14.9 Å². The lowest BCUT2D eigenvalue weighted by atomic mass is 10.1. The fraction of sp³-hybridized carbons (Fsp3) is 0.333. The molecule has 1 aromatic heterocycles. The van der Waals surface area contributed by atoms with E-state index in [0.29, 0.717) is 6.54 Å². The van der Waals surface area contributed by atoms with Crippen molar-refractivity contribution in [3.63, 3.8) is 0 Å². The maximum atomic E-state index is 12.9. The first-order chi connectivity index (χ1) is 15.2. The van der Waals surface area contributed by atoms with Crippen molar-refractivity contribution in [3.8, 4) is 0 Å². The Morgan fingerprint density at radius 2 is 1.74 bits per heavy atom. The SMILES string of the molecule is O=C(CCC(=O)N1CCC[C@@H]1c1nc2ccccc2s1)N1CCC(c2ccccc2)=N1. The second-order valence-corrected chi connectivity index (χ2v) is 9.01. The molecule has 3 aromatic rings. The average molecular weight is 433 g/mol. The van der Waals surface area contributed by atoms with Crippen LogP contribution in [0.5, 0.6) is 0 Å². The molecule has 0 spiro atoms. The van der Waals surface area contributed by atoms with Crippen molar-refractivity contribution in [3.05, 3.63) is 65.2 Å². The van der Waals surface area contributed by atoms with Crippen molar-refractivity contribution < 1.29 is 9.59 Å². The summed E-state index contributed by atoms with van der Waals surface area (Å²) in [6.45, 7) is 1.31. The predicted octanol–water partition coefficient (Wildman–Crippen LogP) is 4.38. The minimum Gasteiger partial charge on any atom is -0.333 e. The molecule has 1 atom stereocenters. The average Bonchev–Trinajstić information content (AvgIpc) is 3.56. The molecule has 3 heterocycles. The molecule has 0 saturated carbocycles. The van der Waals surface area contributed by atoms with Gasteiger partial charge in [0.15, 0.2) is 0 Å². The molecule has 5 rings (SSSR count). The Labute approximate surface area is 185 Å². The second kappa shape index (κ2) is 8.59. The van der Waals surface area contributed by atoms with Crippen LogP contribution in [0, 0.1) is 0 Å². The molecule has 0 radical (unpaired) electrons. The third kappa shape index (κ3) is 4.10. The van der Waals surface area contributed by atoms with E-state index in [4.69, 9.17) is 4.98 Å². The molecule has 1 saturated heterocycles. The molecule has 0 unspecified atom stereocenters. The maximum absolute atomic E-state index is 12.9. The number of hydrogen-bond donors (Lipinski definition) is 0. The van der Waals surface area contributed by atoms with Gasteiger partial charge in [0.25, 0.3) is 0 Å². The van der Waals surface area contributed by atoms with Crippen LogP contribution in [0.1, 0.15) is 48.7 Å². The standard InChI is InChI=1S/C24H24N4O2S/c29-22(12-13-23(30)28-16-14-18(26-28)17-7-2-1-3-8-17)27-15-6-10-20(27)24-25-19-9-4-5-11-21(19)31-24/h1-5,7-9,11,20H,6,10,12-16H2/t20-/m1/s1. The lowest BCUT2D eigenvalue weighted by Crippen LogP contribution is -2.32. The van der Waals surface area contributed by atoms with E-state index in [1.54, 1.807) is 11.3 Å². The van der Waals surface area contributed by atoms with Crippen molar-refractivity contribution in [2.45, 2.75) is 38.1 Å². The summed E-state index contributed by atoms with van der Waals surface area (Å²) in [6.07, 6.45) is 3.05. The number of aromatic nitrogens is 1. The van der Waals surface area contributed by atoms with Gasteiger partial charge in [0.2, 0.25) is 11.8 Å². The number of fused-ring (bicyclic) bond motifs is 1. The number of carbonyl (C=O) groups excluding carboxylic acids is 2. The van der Waals surface area contributed by atoms with Crippen molar-refractivity contribution >= 4 is 39.1 Å². The van der Waals surface area contributed by atoms with Crippen LogP contribution in [0.3, 0.4) is 0 Å². The fourth-order valence-electron chi connectivity index (χ4n) is 4.31. The van der Waals surface area contributed by atoms with Gasteiger partial charge in [-0.25, -0.2) is 9.99 Å². The van der Waals surface area contributed by atoms with E-state index in [0.717, 1.165) is 52.3 Å². The Balaban J connectivity index is 1.21. The fourth-order valence-corrected chi connectivity index (χ4v) is 5.43. The molecule has 7 heteroatoms. The zero-order valence-electron chi connectivity index (χ0n) is 17.2. The van der Waals surface area contributed by atoms with Crippen LogP contribution in [0.4, 0.5) is 0 Å². The summed E-state index contributed by atoms with van der Waals surface area (Å²) in [5.74, 6) is -0.0587. The summed E-state index contributed by atoms with van der Waals surface area (Å²) >= 11 is 1.66. The summed E-state index contributed by atoms with van der Waals surface area (Å²) < 4.78 is 1.15. The van der Waals surface area contributed by atoms with Gasteiger partial charge in [0.05, 0.1) is 28.5 Å². The molecular weight excluding hydrogens is 408 g/mol.